The zero-order valence-electron chi connectivity index (χ0n) is 20.4. The van der Waals surface area contributed by atoms with Gasteiger partial charge in [-0.25, -0.2) is 13.8 Å². The van der Waals surface area contributed by atoms with Crippen molar-refractivity contribution in [2.75, 3.05) is 13.1 Å². The van der Waals surface area contributed by atoms with E-state index in [1.807, 2.05) is 48.7 Å². The van der Waals surface area contributed by atoms with Gasteiger partial charge in [0.05, 0.1) is 23.0 Å². The lowest BCUT2D eigenvalue weighted by atomic mass is 9.80. The predicted octanol–water partition coefficient (Wildman–Crippen LogP) is 5.83. The van der Waals surface area contributed by atoms with Gasteiger partial charge in [-0.05, 0) is 74.7 Å². The van der Waals surface area contributed by atoms with Gasteiger partial charge in [0.15, 0.2) is 0 Å². The Morgan fingerprint density at radius 3 is 2.64 bits per heavy atom. The Bertz CT molecular complexity index is 1250. The van der Waals surface area contributed by atoms with Crippen molar-refractivity contribution in [3.8, 4) is 0 Å². The molecular weight excluding hydrogens is 458 g/mol. The van der Waals surface area contributed by atoms with Gasteiger partial charge in [-0.1, -0.05) is 36.4 Å². The van der Waals surface area contributed by atoms with E-state index in [2.05, 4.69) is 21.1 Å². The van der Waals surface area contributed by atoms with Gasteiger partial charge in [-0.3, -0.25) is 14.7 Å². The predicted molar refractivity (Wildman–Crippen MR) is 135 cm³/mol. The highest BCUT2D eigenvalue weighted by Crippen LogP contribution is 2.43. The highest BCUT2D eigenvalue weighted by Gasteiger charge is 2.46. The van der Waals surface area contributed by atoms with Gasteiger partial charge >= 0.3 is 0 Å². The summed E-state index contributed by atoms with van der Waals surface area (Å²) in [6.07, 6.45) is 5.82. The van der Waals surface area contributed by atoms with Crippen LogP contribution in [0.1, 0.15) is 61.9 Å². The van der Waals surface area contributed by atoms with Crippen molar-refractivity contribution < 1.29 is 13.6 Å². The van der Waals surface area contributed by atoms with Crippen LogP contribution in [0.3, 0.4) is 0 Å². The second-order valence-electron chi connectivity index (χ2n) is 9.63. The summed E-state index contributed by atoms with van der Waals surface area (Å²) in [5, 5.41) is 6.06. The fourth-order valence-electron chi connectivity index (χ4n) is 5.73. The molecule has 0 aliphatic carbocycles. The van der Waals surface area contributed by atoms with Crippen LogP contribution >= 0.6 is 0 Å². The number of hydrazone groups is 1. The van der Waals surface area contributed by atoms with Crippen LogP contribution in [-0.4, -0.2) is 39.6 Å². The summed E-state index contributed by atoms with van der Waals surface area (Å²) in [6.45, 7) is 3.33. The summed E-state index contributed by atoms with van der Waals surface area (Å²) < 4.78 is 28.7. The monoisotopic (exact) mass is 488 g/mol. The molecule has 1 amide bonds. The van der Waals surface area contributed by atoms with Crippen molar-refractivity contribution >= 4 is 11.6 Å². The number of hydrogen-bond acceptors (Lipinski definition) is 4. The zero-order chi connectivity index (χ0) is 25.1. The first kappa shape index (κ1) is 24.3. The van der Waals surface area contributed by atoms with Crippen molar-refractivity contribution in [3.63, 3.8) is 0 Å². The lowest BCUT2D eigenvalue weighted by Gasteiger charge is -2.37. The molecule has 3 heterocycles. The fraction of sp³-hybridized carbons (Fsp3) is 0.345. The number of nitrogens with zero attached hydrogens (tertiary/aromatic N) is 4. The largest absolute Gasteiger partial charge is 0.295 e. The number of carbonyl (C=O) groups is 1. The summed E-state index contributed by atoms with van der Waals surface area (Å²) in [6, 6.07) is 19.5. The molecule has 1 aromatic heterocycles. The van der Waals surface area contributed by atoms with Crippen LogP contribution in [0, 0.1) is 11.6 Å². The smallest absolute Gasteiger partial charge is 0.240 e. The number of carbonyl (C=O) groups excluding carboxylic acids is 1. The molecule has 2 aliphatic heterocycles. The van der Waals surface area contributed by atoms with Crippen LogP contribution in [0.4, 0.5) is 8.78 Å². The number of pyridine rings is 1. The van der Waals surface area contributed by atoms with Crippen LogP contribution < -0.4 is 0 Å². The third-order valence-electron chi connectivity index (χ3n) is 7.36. The molecular formula is C29H30F2N4O. The van der Waals surface area contributed by atoms with Gasteiger partial charge in [0.2, 0.25) is 5.91 Å². The van der Waals surface area contributed by atoms with Crippen LogP contribution in [0.25, 0.3) is 0 Å². The molecule has 3 aromatic rings. The van der Waals surface area contributed by atoms with E-state index < -0.39 is 17.2 Å². The lowest BCUT2D eigenvalue weighted by Crippen LogP contribution is -2.43. The third-order valence-corrected chi connectivity index (χ3v) is 7.36. The molecule has 1 fully saturated rings. The standard InChI is InChI=1S/C29H30F2N4O/c1-21(36)35-29(22-9-3-2-4-10-22,20-27(33-35)24-19-23(30)13-14-25(24)31)15-8-18-34-17-7-12-28(34)26-11-5-6-16-32-26/h2-6,9-11,13-14,16,19,28H,7-8,12,15,17-18,20H2,1H3/t28?,29-/m1/s1. The number of halogens is 2. The summed E-state index contributed by atoms with van der Waals surface area (Å²) in [5.74, 6) is -1.30. The number of rotatable bonds is 7. The normalized spacial score (nSPS) is 22.1. The molecule has 5 nitrogen and oxygen atoms in total. The van der Waals surface area contributed by atoms with Crippen molar-refractivity contribution in [2.45, 2.75) is 50.6 Å². The Morgan fingerprint density at radius 1 is 1.08 bits per heavy atom. The summed E-state index contributed by atoms with van der Waals surface area (Å²) in [5.41, 5.74) is 1.76. The van der Waals surface area contributed by atoms with Gasteiger partial charge in [-0.15, -0.1) is 0 Å². The van der Waals surface area contributed by atoms with Gasteiger partial charge in [-0.2, -0.15) is 5.10 Å². The molecule has 5 rings (SSSR count). The molecule has 0 N–H and O–H groups in total. The second kappa shape index (κ2) is 10.3. The van der Waals surface area contributed by atoms with E-state index in [-0.39, 0.29) is 11.5 Å². The van der Waals surface area contributed by atoms with Gasteiger partial charge in [0.1, 0.15) is 11.6 Å². The molecule has 2 atom stereocenters. The van der Waals surface area contributed by atoms with E-state index in [4.69, 9.17) is 0 Å². The first-order valence-corrected chi connectivity index (χ1v) is 12.5. The zero-order valence-corrected chi connectivity index (χ0v) is 20.4. The molecule has 0 bridgehead atoms. The number of hydrogen-bond donors (Lipinski definition) is 0. The molecule has 2 aliphatic rings. The molecule has 186 valence electrons. The highest BCUT2D eigenvalue weighted by molar-refractivity contribution is 6.03. The van der Waals surface area contributed by atoms with Crippen molar-refractivity contribution in [2.24, 2.45) is 5.10 Å². The maximum absolute atomic E-state index is 14.7. The molecule has 1 unspecified atom stereocenters. The quantitative estimate of drug-likeness (QED) is 0.421. The molecule has 0 radical (unpaired) electrons. The lowest BCUT2D eigenvalue weighted by molar-refractivity contribution is -0.135. The molecule has 7 heteroatoms. The fourth-order valence-corrected chi connectivity index (χ4v) is 5.73. The Hall–Kier alpha value is -3.45. The summed E-state index contributed by atoms with van der Waals surface area (Å²) in [4.78, 5) is 19.9. The van der Waals surface area contributed by atoms with Crippen LogP contribution in [0.5, 0.6) is 0 Å². The minimum Gasteiger partial charge on any atom is -0.295 e. The SMILES string of the molecule is CC(=O)N1N=C(c2cc(F)ccc2F)C[C@]1(CCCN1CCCC1c1ccccn1)c1ccccc1. The van der Waals surface area contributed by atoms with E-state index in [0.717, 1.165) is 61.8 Å². The Morgan fingerprint density at radius 2 is 1.89 bits per heavy atom. The highest BCUT2D eigenvalue weighted by atomic mass is 19.1. The number of benzene rings is 2. The van der Waals surface area contributed by atoms with E-state index in [9.17, 15) is 13.6 Å². The average molecular weight is 489 g/mol. The maximum atomic E-state index is 14.7. The van der Waals surface area contributed by atoms with Gasteiger partial charge in [0.25, 0.3) is 0 Å². The topological polar surface area (TPSA) is 48.8 Å². The van der Waals surface area contributed by atoms with E-state index in [0.29, 0.717) is 24.6 Å². The van der Waals surface area contributed by atoms with Crippen molar-refractivity contribution in [1.82, 2.24) is 14.9 Å². The van der Waals surface area contributed by atoms with Crippen LogP contribution in [0.2, 0.25) is 0 Å². The van der Waals surface area contributed by atoms with Crippen LogP contribution in [-0.2, 0) is 10.3 Å². The third kappa shape index (κ3) is 4.67. The average Bonchev–Trinajstić information content (AvgIpc) is 3.52. The van der Waals surface area contributed by atoms with E-state index in [1.54, 1.807) is 0 Å². The maximum Gasteiger partial charge on any atom is 0.240 e. The first-order valence-electron chi connectivity index (χ1n) is 12.5. The minimum atomic E-state index is -0.762. The minimum absolute atomic E-state index is 0.105. The Balaban J connectivity index is 1.42. The van der Waals surface area contributed by atoms with Crippen molar-refractivity contribution in [1.29, 1.82) is 0 Å². The molecule has 0 spiro atoms. The molecule has 0 saturated carbocycles. The second-order valence-corrected chi connectivity index (χ2v) is 9.63. The van der Waals surface area contributed by atoms with Gasteiger partial charge in [0, 0.05) is 25.1 Å². The summed E-state index contributed by atoms with van der Waals surface area (Å²) in [7, 11) is 0. The molecule has 1 saturated heterocycles. The van der Waals surface area contributed by atoms with Crippen molar-refractivity contribution in [3.05, 3.63) is 101 Å². The number of amides is 1. The Kier molecular flexibility index (Phi) is 6.92. The molecule has 2 aromatic carbocycles. The van der Waals surface area contributed by atoms with Gasteiger partial charge < -0.3 is 0 Å². The molecule has 36 heavy (non-hydrogen) atoms. The number of likely N-dealkylation sites (tertiary alicyclic amines) is 1. The summed E-state index contributed by atoms with van der Waals surface area (Å²) >= 11 is 0. The van der Waals surface area contributed by atoms with E-state index >= 15 is 0 Å². The Labute approximate surface area is 210 Å². The van der Waals surface area contributed by atoms with E-state index in [1.165, 1.54) is 11.9 Å². The van der Waals surface area contributed by atoms with Crippen LogP contribution in [0.15, 0.2) is 78.0 Å². The first-order chi connectivity index (χ1) is 17.5. The number of aromatic nitrogens is 1.